The molecule has 0 spiro atoms. The number of fused-ring (bicyclic) bond motifs is 1. The Labute approximate surface area is 100 Å². The van der Waals surface area contributed by atoms with Crippen LogP contribution in [-0.4, -0.2) is 29.0 Å². The van der Waals surface area contributed by atoms with Gasteiger partial charge in [0.1, 0.15) is 5.52 Å². The van der Waals surface area contributed by atoms with E-state index >= 15 is 0 Å². The first-order chi connectivity index (χ1) is 7.84. The van der Waals surface area contributed by atoms with Crippen LogP contribution in [0.25, 0.3) is 11.0 Å². The van der Waals surface area contributed by atoms with Gasteiger partial charge in [-0.2, -0.15) is 0 Å². The van der Waals surface area contributed by atoms with Gasteiger partial charge < -0.3 is 15.6 Å². The summed E-state index contributed by atoms with van der Waals surface area (Å²) in [6.07, 6.45) is 1.68. The third kappa shape index (κ3) is 1.55. The second kappa shape index (κ2) is 3.79. The highest BCUT2D eigenvalue weighted by Gasteiger charge is 2.09. The van der Waals surface area contributed by atoms with Gasteiger partial charge in [-0.1, -0.05) is 0 Å². The van der Waals surface area contributed by atoms with Crippen molar-refractivity contribution in [3.8, 4) is 0 Å². The van der Waals surface area contributed by atoms with Crippen LogP contribution in [-0.2, 0) is 0 Å². The molecule has 16 heavy (non-hydrogen) atoms. The highest BCUT2D eigenvalue weighted by atomic mass is 79.9. The zero-order chi connectivity index (χ0) is 11.0. The molecule has 1 aliphatic heterocycles. The van der Waals surface area contributed by atoms with Crippen LogP contribution < -0.4 is 10.6 Å². The van der Waals surface area contributed by atoms with Gasteiger partial charge in [-0.25, -0.2) is 9.98 Å². The standard InChI is InChI=1S/C10H10BrN5/c11-8-6(16-10-12-3-4-13-10)1-2-7-9(8)15-5-14-7/h1-2,5H,3-4H2,(H,14,15)(H2,12,13,16). The molecule has 0 aliphatic carbocycles. The topological polar surface area (TPSA) is 65.1 Å². The number of hydrogen-bond acceptors (Lipinski definition) is 2. The predicted octanol–water partition coefficient (Wildman–Crippen LogP) is 1.51. The molecule has 3 N–H and O–H groups in total. The van der Waals surface area contributed by atoms with Crippen molar-refractivity contribution in [3.05, 3.63) is 22.9 Å². The molecule has 0 saturated carbocycles. The monoisotopic (exact) mass is 279 g/mol. The first kappa shape index (κ1) is 9.65. The molecule has 0 bridgehead atoms. The van der Waals surface area contributed by atoms with E-state index in [4.69, 9.17) is 0 Å². The normalized spacial score (nSPS) is 14.9. The van der Waals surface area contributed by atoms with E-state index in [1.165, 1.54) is 0 Å². The smallest absolute Gasteiger partial charge is 0.196 e. The molecule has 3 rings (SSSR count). The minimum Gasteiger partial charge on any atom is -0.354 e. The number of nitrogens with zero attached hydrogens (tertiary/aromatic N) is 2. The Bertz CT molecular complexity index is 551. The fourth-order valence-corrected chi connectivity index (χ4v) is 2.21. The number of aromatic nitrogens is 2. The number of aromatic amines is 1. The predicted molar refractivity (Wildman–Crippen MR) is 66.9 cm³/mol. The third-order valence-electron chi connectivity index (χ3n) is 2.45. The van der Waals surface area contributed by atoms with Crippen LogP contribution in [0.2, 0.25) is 0 Å². The van der Waals surface area contributed by atoms with E-state index in [0.29, 0.717) is 0 Å². The van der Waals surface area contributed by atoms with Crippen LogP contribution in [0.4, 0.5) is 5.69 Å². The van der Waals surface area contributed by atoms with Crippen molar-refractivity contribution >= 4 is 38.6 Å². The number of guanidine groups is 1. The lowest BCUT2D eigenvalue weighted by Gasteiger charge is -2.02. The summed E-state index contributed by atoms with van der Waals surface area (Å²) in [7, 11) is 0. The molecule has 0 radical (unpaired) electrons. The first-order valence-corrected chi connectivity index (χ1v) is 5.82. The van der Waals surface area contributed by atoms with Crippen LogP contribution in [0, 0.1) is 0 Å². The van der Waals surface area contributed by atoms with Gasteiger partial charge in [0, 0.05) is 13.1 Å². The molecule has 1 fully saturated rings. The maximum absolute atomic E-state index is 4.48. The average molecular weight is 280 g/mol. The molecule has 2 heterocycles. The fraction of sp³-hybridized carbons (Fsp3) is 0.200. The summed E-state index contributed by atoms with van der Waals surface area (Å²) in [6.45, 7) is 1.84. The molecular weight excluding hydrogens is 270 g/mol. The van der Waals surface area contributed by atoms with Gasteiger partial charge in [-0.15, -0.1) is 0 Å². The van der Waals surface area contributed by atoms with Crippen LogP contribution in [0.1, 0.15) is 0 Å². The minimum absolute atomic E-state index is 0.815. The number of benzene rings is 1. The Morgan fingerprint density at radius 2 is 2.06 bits per heavy atom. The molecule has 0 amide bonds. The highest BCUT2D eigenvalue weighted by Crippen LogP contribution is 2.31. The number of imidazole rings is 1. The number of halogens is 1. The number of rotatable bonds is 1. The Hall–Kier alpha value is -1.56. The largest absolute Gasteiger partial charge is 0.354 e. The minimum atomic E-state index is 0.815. The van der Waals surface area contributed by atoms with Crippen molar-refractivity contribution in [2.75, 3.05) is 13.1 Å². The van der Waals surface area contributed by atoms with Crippen LogP contribution in [0.5, 0.6) is 0 Å². The maximum atomic E-state index is 4.48. The SMILES string of the molecule is Brc1c(N=C2NCCN2)ccc2[nH]cnc12. The summed E-state index contributed by atoms with van der Waals surface area (Å²) in [5, 5.41) is 6.33. The number of aliphatic imine (C=N–C) groups is 1. The first-order valence-electron chi connectivity index (χ1n) is 5.02. The molecule has 1 aliphatic rings. The van der Waals surface area contributed by atoms with Gasteiger partial charge in [0.05, 0.1) is 22.0 Å². The molecule has 2 aromatic rings. The van der Waals surface area contributed by atoms with Crippen molar-refractivity contribution in [2.24, 2.45) is 4.99 Å². The lowest BCUT2D eigenvalue weighted by Crippen LogP contribution is -2.23. The molecule has 1 aromatic carbocycles. The lowest BCUT2D eigenvalue weighted by atomic mass is 10.3. The molecular formula is C10H10BrN5. The van der Waals surface area contributed by atoms with Crippen molar-refractivity contribution in [3.63, 3.8) is 0 Å². The van der Waals surface area contributed by atoms with Crippen LogP contribution >= 0.6 is 15.9 Å². The Morgan fingerprint density at radius 3 is 2.88 bits per heavy atom. The van der Waals surface area contributed by atoms with Gasteiger partial charge in [0.2, 0.25) is 0 Å². The number of hydrogen-bond donors (Lipinski definition) is 3. The van der Waals surface area contributed by atoms with Crippen molar-refractivity contribution in [2.45, 2.75) is 0 Å². The van der Waals surface area contributed by atoms with E-state index in [2.05, 4.69) is 41.5 Å². The highest BCUT2D eigenvalue weighted by molar-refractivity contribution is 9.10. The van der Waals surface area contributed by atoms with E-state index in [9.17, 15) is 0 Å². The molecule has 82 valence electrons. The van der Waals surface area contributed by atoms with E-state index < -0.39 is 0 Å². The summed E-state index contributed by atoms with van der Waals surface area (Å²) in [5.74, 6) is 0.815. The molecule has 0 atom stereocenters. The Morgan fingerprint density at radius 1 is 1.25 bits per heavy atom. The van der Waals surface area contributed by atoms with E-state index in [1.54, 1.807) is 6.33 Å². The summed E-state index contributed by atoms with van der Waals surface area (Å²) in [4.78, 5) is 11.8. The maximum Gasteiger partial charge on any atom is 0.196 e. The van der Waals surface area contributed by atoms with Crippen LogP contribution in [0.15, 0.2) is 27.9 Å². The van der Waals surface area contributed by atoms with Crippen molar-refractivity contribution in [1.82, 2.24) is 20.6 Å². The summed E-state index contributed by atoms with van der Waals surface area (Å²) in [5.41, 5.74) is 2.78. The number of H-pyrrole nitrogens is 1. The lowest BCUT2D eigenvalue weighted by molar-refractivity contribution is 0.942. The van der Waals surface area contributed by atoms with E-state index in [1.807, 2.05) is 12.1 Å². The molecule has 1 aromatic heterocycles. The second-order valence-corrected chi connectivity index (χ2v) is 4.30. The van der Waals surface area contributed by atoms with Crippen LogP contribution in [0.3, 0.4) is 0 Å². The fourth-order valence-electron chi connectivity index (χ4n) is 1.67. The summed E-state index contributed by atoms with van der Waals surface area (Å²) in [6, 6.07) is 3.93. The third-order valence-corrected chi connectivity index (χ3v) is 3.23. The Kier molecular flexibility index (Phi) is 2.28. The van der Waals surface area contributed by atoms with Crippen molar-refractivity contribution in [1.29, 1.82) is 0 Å². The van der Waals surface area contributed by atoms with Crippen molar-refractivity contribution < 1.29 is 0 Å². The van der Waals surface area contributed by atoms with Gasteiger partial charge >= 0.3 is 0 Å². The Balaban J connectivity index is 2.09. The molecule has 6 heteroatoms. The van der Waals surface area contributed by atoms with Gasteiger partial charge in [-0.3, -0.25) is 0 Å². The zero-order valence-corrected chi connectivity index (χ0v) is 10.0. The zero-order valence-electron chi connectivity index (χ0n) is 8.42. The number of nitrogens with one attached hydrogen (secondary N) is 3. The van der Waals surface area contributed by atoms with Gasteiger partial charge in [-0.05, 0) is 28.1 Å². The second-order valence-electron chi connectivity index (χ2n) is 3.51. The quantitative estimate of drug-likeness (QED) is 0.741. The average Bonchev–Trinajstić information content (AvgIpc) is 2.93. The van der Waals surface area contributed by atoms with E-state index in [0.717, 1.165) is 40.2 Å². The molecule has 1 saturated heterocycles. The molecule has 0 unspecified atom stereocenters. The molecule has 5 nitrogen and oxygen atoms in total. The van der Waals surface area contributed by atoms with Gasteiger partial charge in [0.25, 0.3) is 0 Å². The van der Waals surface area contributed by atoms with E-state index in [-0.39, 0.29) is 0 Å². The van der Waals surface area contributed by atoms with Gasteiger partial charge in [0.15, 0.2) is 5.96 Å². The summed E-state index contributed by atoms with van der Waals surface area (Å²) >= 11 is 3.52. The summed E-state index contributed by atoms with van der Waals surface area (Å²) < 4.78 is 0.911.